The number of hydrogen-bond donors (Lipinski definition) is 3. The lowest BCUT2D eigenvalue weighted by molar-refractivity contribution is 0.191. The van der Waals surface area contributed by atoms with Crippen molar-refractivity contribution in [2.75, 3.05) is 6.54 Å². The zero-order chi connectivity index (χ0) is 8.10. The maximum Gasteiger partial charge on any atom is 0.0636 e. The number of aromatic amines is 1. The number of aromatic nitrogens is 1. The molecule has 0 bridgehead atoms. The van der Waals surface area contributed by atoms with Crippen LogP contribution in [0.15, 0.2) is 18.3 Å². The Labute approximate surface area is 66.4 Å². The van der Waals surface area contributed by atoms with Gasteiger partial charge in [0.2, 0.25) is 0 Å². The molecule has 62 valence electrons. The second kappa shape index (κ2) is 4.16. The monoisotopic (exact) mass is 154 g/mol. The highest BCUT2D eigenvalue weighted by molar-refractivity contribution is 5.02. The SMILES string of the molecule is C[C@H](O)CNCc1ccc[nH]1. The normalized spacial score (nSPS) is 13.3. The first kappa shape index (κ1) is 8.30. The highest BCUT2D eigenvalue weighted by atomic mass is 16.3. The molecule has 0 fully saturated rings. The summed E-state index contributed by atoms with van der Waals surface area (Å²) in [6.07, 6.45) is 1.62. The summed E-state index contributed by atoms with van der Waals surface area (Å²) < 4.78 is 0. The summed E-state index contributed by atoms with van der Waals surface area (Å²) in [4.78, 5) is 3.07. The van der Waals surface area contributed by atoms with E-state index in [0.29, 0.717) is 6.54 Å². The summed E-state index contributed by atoms with van der Waals surface area (Å²) in [5.74, 6) is 0. The van der Waals surface area contributed by atoms with Gasteiger partial charge in [-0.3, -0.25) is 0 Å². The zero-order valence-corrected chi connectivity index (χ0v) is 6.67. The third-order valence-corrected chi connectivity index (χ3v) is 1.42. The quantitative estimate of drug-likeness (QED) is 0.591. The number of H-pyrrole nitrogens is 1. The average molecular weight is 154 g/mol. The number of aliphatic hydroxyl groups is 1. The summed E-state index contributed by atoms with van der Waals surface area (Å²) in [5.41, 5.74) is 1.14. The van der Waals surface area contributed by atoms with Gasteiger partial charge < -0.3 is 15.4 Å². The predicted octanol–water partition coefficient (Wildman–Crippen LogP) is 0.485. The van der Waals surface area contributed by atoms with Gasteiger partial charge in [-0.05, 0) is 19.1 Å². The molecule has 0 saturated heterocycles. The van der Waals surface area contributed by atoms with E-state index < -0.39 is 0 Å². The van der Waals surface area contributed by atoms with Gasteiger partial charge in [0, 0.05) is 25.0 Å². The number of hydrogen-bond acceptors (Lipinski definition) is 2. The van der Waals surface area contributed by atoms with Crippen LogP contribution >= 0.6 is 0 Å². The summed E-state index contributed by atoms with van der Waals surface area (Å²) in [7, 11) is 0. The van der Waals surface area contributed by atoms with E-state index in [1.807, 2.05) is 18.3 Å². The van der Waals surface area contributed by atoms with E-state index in [4.69, 9.17) is 5.11 Å². The molecule has 11 heavy (non-hydrogen) atoms. The molecule has 3 heteroatoms. The molecule has 1 atom stereocenters. The number of nitrogens with one attached hydrogen (secondary N) is 2. The van der Waals surface area contributed by atoms with E-state index in [9.17, 15) is 0 Å². The molecular weight excluding hydrogens is 140 g/mol. The molecule has 1 rings (SSSR count). The van der Waals surface area contributed by atoms with Crippen LogP contribution in [-0.4, -0.2) is 22.7 Å². The molecule has 0 aliphatic rings. The second-order valence-electron chi connectivity index (χ2n) is 2.68. The van der Waals surface area contributed by atoms with Crippen molar-refractivity contribution in [3.05, 3.63) is 24.0 Å². The van der Waals surface area contributed by atoms with Crippen molar-refractivity contribution in [1.82, 2.24) is 10.3 Å². The van der Waals surface area contributed by atoms with Gasteiger partial charge in [-0.1, -0.05) is 0 Å². The smallest absolute Gasteiger partial charge is 0.0636 e. The molecule has 0 aromatic carbocycles. The van der Waals surface area contributed by atoms with Crippen molar-refractivity contribution in [3.8, 4) is 0 Å². The predicted molar refractivity (Wildman–Crippen MR) is 44.2 cm³/mol. The van der Waals surface area contributed by atoms with E-state index in [2.05, 4.69) is 10.3 Å². The van der Waals surface area contributed by atoms with E-state index >= 15 is 0 Å². The van der Waals surface area contributed by atoms with E-state index in [1.54, 1.807) is 6.92 Å². The van der Waals surface area contributed by atoms with Crippen LogP contribution in [0.5, 0.6) is 0 Å². The molecule has 1 aromatic rings. The Morgan fingerprint density at radius 2 is 2.55 bits per heavy atom. The highest BCUT2D eigenvalue weighted by Gasteiger charge is 1.94. The fourth-order valence-electron chi connectivity index (χ4n) is 0.893. The van der Waals surface area contributed by atoms with Crippen molar-refractivity contribution >= 4 is 0 Å². The van der Waals surface area contributed by atoms with Crippen molar-refractivity contribution in [2.24, 2.45) is 0 Å². The minimum absolute atomic E-state index is 0.273. The van der Waals surface area contributed by atoms with Crippen LogP contribution in [0.2, 0.25) is 0 Å². The van der Waals surface area contributed by atoms with Gasteiger partial charge in [0.1, 0.15) is 0 Å². The second-order valence-corrected chi connectivity index (χ2v) is 2.68. The van der Waals surface area contributed by atoms with E-state index in [0.717, 1.165) is 12.2 Å². The van der Waals surface area contributed by atoms with Crippen molar-refractivity contribution < 1.29 is 5.11 Å². The van der Waals surface area contributed by atoms with Crippen LogP contribution < -0.4 is 5.32 Å². The van der Waals surface area contributed by atoms with Gasteiger partial charge in [0.15, 0.2) is 0 Å². The summed E-state index contributed by atoms with van der Waals surface area (Å²) in [5, 5.41) is 12.0. The maximum atomic E-state index is 8.91. The average Bonchev–Trinajstić information content (AvgIpc) is 2.39. The fraction of sp³-hybridized carbons (Fsp3) is 0.500. The Morgan fingerprint density at radius 1 is 1.73 bits per heavy atom. The van der Waals surface area contributed by atoms with Crippen LogP contribution in [0.4, 0.5) is 0 Å². The molecule has 0 aliphatic carbocycles. The Hall–Kier alpha value is -0.800. The molecule has 0 amide bonds. The summed E-state index contributed by atoms with van der Waals surface area (Å²) in [6, 6.07) is 3.97. The van der Waals surface area contributed by atoms with Gasteiger partial charge in [0.05, 0.1) is 6.10 Å². The van der Waals surface area contributed by atoms with Crippen LogP contribution in [-0.2, 0) is 6.54 Å². The molecule has 0 radical (unpaired) electrons. The zero-order valence-electron chi connectivity index (χ0n) is 6.67. The Morgan fingerprint density at radius 3 is 3.09 bits per heavy atom. The van der Waals surface area contributed by atoms with Crippen LogP contribution in [0.1, 0.15) is 12.6 Å². The van der Waals surface area contributed by atoms with Crippen LogP contribution in [0, 0.1) is 0 Å². The first-order valence-electron chi connectivity index (χ1n) is 3.80. The largest absolute Gasteiger partial charge is 0.392 e. The van der Waals surface area contributed by atoms with Gasteiger partial charge in [-0.25, -0.2) is 0 Å². The van der Waals surface area contributed by atoms with Gasteiger partial charge >= 0.3 is 0 Å². The molecule has 0 unspecified atom stereocenters. The first-order chi connectivity index (χ1) is 5.29. The molecule has 1 aromatic heterocycles. The minimum Gasteiger partial charge on any atom is -0.392 e. The van der Waals surface area contributed by atoms with Crippen molar-refractivity contribution in [3.63, 3.8) is 0 Å². The van der Waals surface area contributed by atoms with Gasteiger partial charge in [-0.2, -0.15) is 0 Å². The third-order valence-electron chi connectivity index (χ3n) is 1.42. The molecule has 0 aliphatic heterocycles. The first-order valence-corrected chi connectivity index (χ1v) is 3.80. The Bertz CT molecular complexity index is 182. The lowest BCUT2D eigenvalue weighted by atomic mass is 10.4. The molecule has 0 spiro atoms. The Kier molecular flexibility index (Phi) is 3.14. The van der Waals surface area contributed by atoms with Crippen molar-refractivity contribution in [1.29, 1.82) is 0 Å². The summed E-state index contributed by atoms with van der Waals surface area (Å²) >= 11 is 0. The van der Waals surface area contributed by atoms with Gasteiger partial charge in [0.25, 0.3) is 0 Å². The third kappa shape index (κ3) is 3.20. The number of rotatable bonds is 4. The van der Waals surface area contributed by atoms with Crippen LogP contribution in [0.25, 0.3) is 0 Å². The maximum absolute atomic E-state index is 8.91. The lowest BCUT2D eigenvalue weighted by Gasteiger charge is -2.04. The topological polar surface area (TPSA) is 48.0 Å². The summed E-state index contributed by atoms with van der Waals surface area (Å²) in [6.45, 7) is 3.19. The molecule has 3 N–H and O–H groups in total. The Balaban J connectivity index is 2.14. The molecular formula is C8H14N2O. The standard InChI is InChI=1S/C8H14N2O/c1-7(11)5-9-6-8-3-2-4-10-8/h2-4,7,9-11H,5-6H2,1H3/t7-/m0/s1. The minimum atomic E-state index is -0.273. The van der Waals surface area contributed by atoms with Gasteiger partial charge in [-0.15, -0.1) is 0 Å². The number of aliphatic hydroxyl groups excluding tert-OH is 1. The molecule has 3 nitrogen and oxygen atoms in total. The van der Waals surface area contributed by atoms with Crippen molar-refractivity contribution in [2.45, 2.75) is 19.6 Å². The van der Waals surface area contributed by atoms with Crippen LogP contribution in [0.3, 0.4) is 0 Å². The molecule has 1 heterocycles. The molecule has 0 saturated carbocycles. The highest BCUT2D eigenvalue weighted by Crippen LogP contribution is 1.92. The fourth-order valence-corrected chi connectivity index (χ4v) is 0.893. The lowest BCUT2D eigenvalue weighted by Crippen LogP contribution is -2.23. The van der Waals surface area contributed by atoms with E-state index in [1.165, 1.54) is 0 Å². The van der Waals surface area contributed by atoms with E-state index in [-0.39, 0.29) is 6.10 Å².